The summed E-state index contributed by atoms with van der Waals surface area (Å²) in [6.07, 6.45) is 1.05. The number of rotatable bonds is 9. The highest BCUT2D eigenvalue weighted by atomic mass is 35.5. The van der Waals surface area contributed by atoms with E-state index in [4.69, 9.17) is 21.1 Å². The zero-order valence-electron chi connectivity index (χ0n) is 16.8. The molecule has 7 nitrogen and oxygen atoms in total. The van der Waals surface area contributed by atoms with Gasteiger partial charge in [0.05, 0.1) is 25.1 Å². The Hall–Kier alpha value is -2.45. The highest BCUT2D eigenvalue weighted by Crippen LogP contribution is 2.24. The molecule has 0 unspecified atom stereocenters. The number of nitrogens with zero attached hydrogens (tertiary/aromatic N) is 1. The van der Waals surface area contributed by atoms with Gasteiger partial charge in [0.25, 0.3) is 0 Å². The number of halogens is 1. The van der Waals surface area contributed by atoms with Crippen LogP contribution in [0.15, 0.2) is 48.5 Å². The molecule has 1 N–H and O–H groups in total. The molecule has 2 atom stereocenters. The van der Waals surface area contributed by atoms with Crippen LogP contribution in [-0.2, 0) is 14.8 Å². The second kappa shape index (κ2) is 9.84. The first-order valence-corrected chi connectivity index (χ1v) is 11.2. The van der Waals surface area contributed by atoms with E-state index in [1.165, 1.54) is 13.0 Å². The second-order valence-corrected chi connectivity index (χ2v) is 8.91. The Labute approximate surface area is 176 Å². The van der Waals surface area contributed by atoms with Crippen LogP contribution in [0.2, 0.25) is 5.02 Å². The standard InChI is InChI=1S/C20H25ClN2O5S/c1-14(13-28-19-10-8-18(27-3)9-11-19)22-20(24)15(2)23(29(4,25)26)17-7-5-6-16(21)12-17/h5-12,14-15H,13H2,1-4H3,(H,22,24)/t14-,15-/m0/s1. The van der Waals surface area contributed by atoms with E-state index >= 15 is 0 Å². The number of hydrogen-bond acceptors (Lipinski definition) is 5. The second-order valence-electron chi connectivity index (χ2n) is 6.61. The van der Waals surface area contributed by atoms with E-state index in [2.05, 4.69) is 5.32 Å². The summed E-state index contributed by atoms with van der Waals surface area (Å²) < 4.78 is 36.4. The van der Waals surface area contributed by atoms with Crippen molar-refractivity contribution < 1.29 is 22.7 Å². The van der Waals surface area contributed by atoms with E-state index in [-0.39, 0.29) is 12.6 Å². The van der Waals surface area contributed by atoms with Gasteiger partial charge in [0.1, 0.15) is 24.1 Å². The molecule has 0 saturated carbocycles. The molecule has 0 aromatic heterocycles. The zero-order chi connectivity index (χ0) is 21.6. The minimum Gasteiger partial charge on any atom is -0.497 e. The Kier molecular flexibility index (Phi) is 7.75. The largest absolute Gasteiger partial charge is 0.497 e. The van der Waals surface area contributed by atoms with E-state index in [1.54, 1.807) is 56.5 Å². The fraction of sp³-hybridized carbons (Fsp3) is 0.350. The summed E-state index contributed by atoms with van der Waals surface area (Å²) in [4.78, 5) is 12.7. The van der Waals surface area contributed by atoms with Crippen molar-refractivity contribution in [2.45, 2.75) is 25.9 Å². The monoisotopic (exact) mass is 440 g/mol. The van der Waals surface area contributed by atoms with Gasteiger partial charge in [-0.25, -0.2) is 8.42 Å². The molecule has 0 heterocycles. The van der Waals surface area contributed by atoms with Gasteiger partial charge in [0, 0.05) is 5.02 Å². The van der Waals surface area contributed by atoms with Crippen molar-refractivity contribution in [3.63, 3.8) is 0 Å². The normalized spacial score (nSPS) is 13.3. The van der Waals surface area contributed by atoms with Crippen LogP contribution in [0, 0.1) is 0 Å². The summed E-state index contributed by atoms with van der Waals surface area (Å²) in [5, 5.41) is 3.16. The molecule has 2 aromatic carbocycles. The molecule has 158 valence electrons. The fourth-order valence-electron chi connectivity index (χ4n) is 2.72. The van der Waals surface area contributed by atoms with Crippen molar-refractivity contribution in [1.29, 1.82) is 0 Å². The lowest BCUT2D eigenvalue weighted by molar-refractivity contribution is -0.122. The molecule has 0 aliphatic rings. The third-order valence-electron chi connectivity index (χ3n) is 4.10. The molecule has 2 aromatic rings. The number of benzene rings is 2. The number of hydrogen-bond donors (Lipinski definition) is 1. The van der Waals surface area contributed by atoms with Crippen LogP contribution < -0.4 is 19.1 Å². The first kappa shape index (κ1) is 22.8. The minimum atomic E-state index is -3.71. The molecular formula is C20H25ClN2O5S. The van der Waals surface area contributed by atoms with Crippen molar-refractivity contribution in [3.05, 3.63) is 53.6 Å². The lowest BCUT2D eigenvalue weighted by Crippen LogP contribution is -2.50. The number of ether oxygens (including phenoxy) is 2. The van der Waals surface area contributed by atoms with Crippen LogP contribution in [0.25, 0.3) is 0 Å². The van der Waals surface area contributed by atoms with Crippen LogP contribution in [0.4, 0.5) is 5.69 Å². The van der Waals surface area contributed by atoms with Crippen LogP contribution in [0.5, 0.6) is 11.5 Å². The van der Waals surface area contributed by atoms with Gasteiger partial charge in [-0.15, -0.1) is 0 Å². The number of nitrogens with one attached hydrogen (secondary N) is 1. The summed E-state index contributed by atoms with van der Waals surface area (Å²) >= 11 is 5.98. The van der Waals surface area contributed by atoms with Gasteiger partial charge < -0.3 is 14.8 Å². The number of carbonyl (C=O) groups is 1. The van der Waals surface area contributed by atoms with Crippen LogP contribution in [-0.4, -0.2) is 46.4 Å². The number of anilines is 1. The summed E-state index contributed by atoms with van der Waals surface area (Å²) in [6, 6.07) is 12.1. The quantitative estimate of drug-likeness (QED) is 0.647. The Morgan fingerprint density at radius 3 is 2.31 bits per heavy atom. The van der Waals surface area contributed by atoms with E-state index < -0.39 is 22.0 Å². The average Bonchev–Trinajstić information content (AvgIpc) is 2.65. The lowest BCUT2D eigenvalue weighted by Gasteiger charge is -2.29. The molecule has 2 rings (SSSR count). The Bertz CT molecular complexity index is 934. The number of amides is 1. The van der Waals surface area contributed by atoms with Gasteiger partial charge in [-0.3, -0.25) is 9.10 Å². The Balaban J connectivity index is 2.02. The molecule has 9 heteroatoms. The summed E-state index contributed by atoms with van der Waals surface area (Å²) in [5.41, 5.74) is 0.324. The maximum Gasteiger partial charge on any atom is 0.243 e. The molecule has 0 saturated heterocycles. The van der Waals surface area contributed by atoms with Crippen molar-refractivity contribution in [2.75, 3.05) is 24.3 Å². The number of carbonyl (C=O) groups excluding carboxylic acids is 1. The molecule has 0 spiro atoms. The van der Waals surface area contributed by atoms with E-state index in [9.17, 15) is 13.2 Å². The Morgan fingerprint density at radius 2 is 1.76 bits per heavy atom. The predicted molar refractivity (Wildman–Crippen MR) is 114 cm³/mol. The number of sulfonamides is 1. The van der Waals surface area contributed by atoms with Gasteiger partial charge in [0.2, 0.25) is 15.9 Å². The molecule has 1 amide bonds. The first-order valence-electron chi connectivity index (χ1n) is 8.94. The van der Waals surface area contributed by atoms with Crippen molar-refractivity contribution in [1.82, 2.24) is 5.32 Å². The molecule has 0 aliphatic carbocycles. The molecule has 29 heavy (non-hydrogen) atoms. The molecular weight excluding hydrogens is 416 g/mol. The fourth-order valence-corrected chi connectivity index (χ4v) is 4.07. The summed E-state index contributed by atoms with van der Waals surface area (Å²) in [5.74, 6) is 0.910. The summed E-state index contributed by atoms with van der Waals surface area (Å²) in [7, 11) is -2.12. The van der Waals surface area contributed by atoms with Crippen molar-refractivity contribution in [2.24, 2.45) is 0 Å². The van der Waals surface area contributed by atoms with E-state index in [0.717, 1.165) is 16.3 Å². The van der Waals surface area contributed by atoms with Gasteiger partial charge >= 0.3 is 0 Å². The SMILES string of the molecule is COc1ccc(OC[C@H](C)NC(=O)[C@H](C)N(c2cccc(Cl)c2)S(C)(=O)=O)cc1. The van der Waals surface area contributed by atoms with Crippen LogP contribution >= 0.6 is 11.6 Å². The highest BCUT2D eigenvalue weighted by Gasteiger charge is 2.29. The highest BCUT2D eigenvalue weighted by molar-refractivity contribution is 7.92. The van der Waals surface area contributed by atoms with E-state index in [1.807, 2.05) is 0 Å². The third-order valence-corrected chi connectivity index (χ3v) is 5.58. The topological polar surface area (TPSA) is 84.9 Å². The van der Waals surface area contributed by atoms with Crippen molar-refractivity contribution >= 4 is 33.2 Å². The van der Waals surface area contributed by atoms with Gasteiger partial charge in [0.15, 0.2) is 0 Å². The van der Waals surface area contributed by atoms with Gasteiger partial charge in [-0.1, -0.05) is 17.7 Å². The van der Waals surface area contributed by atoms with Crippen LogP contribution in [0.1, 0.15) is 13.8 Å². The zero-order valence-corrected chi connectivity index (χ0v) is 18.3. The third kappa shape index (κ3) is 6.54. The average molecular weight is 441 g/mol. The summed E-state index contributed by atoms with van der Waals surface area (Å²) in [6.45, 7) is 3.52. The molecule has 0 aliphatic heterocycles. The molecule has 0 radical (unpaired) electrons. The first-order chi connectivity index (χ1) is 13.6. The molecule has 0 fully saturated rings. The van der Waals surface area contributed by atoms with Gasteiger partial charge in [-0.05, 0) is 56.3 Å². The molecule has 0 bridgehead atoms. The van der Waals surface area contributed by atoms with Gasteiger partial charge in [-0.2, -0.15) is 0 Å². The van der Waals surface area contributed by atoms with E-state index in [0.29, 0.717) is 16.5 Å². The smallest absolute Gasteiger partial charge is 0.243 e. The van der Waals surface area contributed by atoms with Crippen LogP contribution in [0.3, 0.4) is 0 Å². The lowest BCUT2D eigenvalue weighted by atomic mass is 10.2. The maximum atomic E-state index is 12.7. The number of methoxy groups -OCH3 is 1. The maximum absolute atomic E-state index is 12.7. The van der Waals surface area contributed by atoms with Crippen molar-refractivity contribution in [3.8, 4) is 11.5 Å². The Morgan fingerprint density at radius 1 is 1.14 bits per heavy atom. The minimum absolute atomic E-state index is 0.223. The predicted octanol–water partition coefficient (Wildman–Crippen LogP) is 3.09.